The molecule has 28 heavy (non-hydrogen) atoms. The van der Waals surface area contributed by atoms with Gasteiger partial charge in [0.15, 0.2) is 11.5 Å². The first-order valence-corrected chi connectivity index (χ1v) is 9.23. The minimum atomic E-state index is -0.410. The maximum absolute atomic E-state index is 13.1. The predicted molar refractivity (Wildman–Crippen MR) is 104 cm³/mol. The fourth-order valence-electron chi connectivity index (χ4n) is 3.33. The van der Waals surface area contributed by atoms with Gasteiger partial charge in [0.05, 0.1) is 10.9 Å². The van der Waals surface area contributed by atoms with E-state index in [1.165, 1.54) is 13.2 Å². The van der Waals surface area contributed by atoms with Crippen LogP contribution in [0, 0.1) is 0 Å². The van der Waals surface area contributed by atoms with Crippen molar-refractivity contribution >= 4 is 16.9 Å². The summed E-state index contributed by atoms with van der Waals surface area (Å²) in [5.74, 6) is 1.29. The van der Waals surface area contributed by atoms with Crippen molar-refractivity contribution < 1.29 is 23.4 Å². The molecule has 0 fully saturated rings. The van der Waals surface area contributed by atoms with Gasteiger partial charge < -0.3 is 18.6 Å². The molecule has 2 heterocycles. The summed E-state index contributed by atoms with van der Waals surface area (Å²) in [6, 6.07) is 8.75. The van der Waals surface area contributed by atoms with Gasteiger partial charge in [-0.15, -0.1) is 0 Å². The van der Waals surface area contributed by atoms with Gasteiger partial charge >= 0.3 is 5.97 Å². The van der Waals surface area contributed by atoms with Crippen molar-refractivity contribution in [2.45, 2.75) is 26.7 Å². The van der Waals surface area contributed by atoms with E-state index < -0.39 is 5.97 Å². The van der Waals surface area contributed by atoms with Crippen molar-refractivity contribution in [1.29, 1.82) is 0 Å². The Kier molecular flexibility index (Phi) is 4.77. The summed E-state index contributed by atoms with van der Waals surface area (Å²) in [5, 5.41) is 0.451. The van der Waals surface area contributed by atoms with Crippen LogP contribution in [0.1, 0.15) is 25.8 Å². The van der Waals surface area contributed by atoms with Crippen LogP contribution in [0.5, 0.6) is 17.2 Å². The maximum Gasteiger partial charge on any atom is 0.308 e. The van der Waals surface area contributed by atoms with Gasteiger partial charge in [0.25, 0.3) is 0 Å². The predicted octanol–water partition coefficient (Wildman–Crippen LogP) is 4.11. The normalized spacial score (nSPS) is 12.8. The van der Waals surface area contributed by atoms with Crippen LogP contribution >= 0.6 is 0 Å². The lowest BCUT2D eigenvalue weighted by Gasteiger charge is -2.18. The van der Waals surface area contributed by atoms with Gasteiger partial charge in [-0.25, -0.2) is 0 Å². The van der Waals surface area contributed by atoms with Crippen LogP contribution in [0.25, 0.3) is 22.1 Å². The molecule has 0 saturated heterocycles. The summed E-state index contributed by atoms with van der Waals surface area (Å²) in [7, 11) is 0. The molecule has 1 aromatic heterocycles. The van der Waals surface area contributed by atoms with E-state index in [0.29, 0.717) is 59.0 Å². The van der Waals surface area contributed by atoms with Gasteiger partial charge in [-0.05, 0) is 35.7 Å². The van der Waals surface area contributed by atoms with E-state index in [1.54, 1.807) is 24.3 Å². The van der Waals surface area contributed by atoms with E-state index in [1.807, 2.05) is 13.0 Å². The van der Waals surface area contributed by atoms with Crippen LogP contribution in [0.2, 0.25) is 0 Å². The number of hydrogen-bond acceptors (Lipinski definition) is 6. The molecule has 144 valence electrons. The molecule has 6 heteroatoms. The third-order valence-electron chi connectivity index (χ3n) is 4.58. The molecule has 0 unspecified atom stereocenters. The Labute approximate surface area is 161 Å². The highest BCUT2D eigenvalue weighted by Gasteiger charge is 2.17. The lowest BCUT2D eigenvalue weighted by molar-refractivity contribution is -0.131. The molecule has 0 amide bonds. The van der Waals surface area contributed by atoms with E-state index in [4.69, 9.17) is 18.6 Å². The number of benzene rings is 2. The van der Waals surface area contributed by atoms with Gasteiger partial charge in [0, 0.05) is 13.0 Å². The number of fused-ring (bicyclic) bond motifs is 2. The average molecular weight is 380 g/mol. The highest BCUT2D eigenvalue weighted by Crippen LogP contribution is 2.34. The van der Waals surface area contributed by atoms with Crippen LogP contribution in [-0.2, 0) is 11.2 Å². The van der Waals surface area contributed by atoms with Gasteiger partial charge in [0.2, 0.25) is 5.43 Å². The highest BCUT2D eigenvalue weighted by atomic mass is 16.6. The second kappa shape index (κ2) is 7.38. The van der Waals surface area contributed by atoms with E-state index in [9.17, 15) is 9.59 Å². The summed E-state index contributed by atoms with van der Waals surface area (Å²) in [5.41, 5.74) is 2.16. The van der Waals surface area contributed by atoms with E-state index in [-0.39, 0.29) is 5.43 Å². The van der Waals surface area contributed by atoms with Gasteiger partial charge in [0.1, 0.15) is 30.8 Å². The number of hydrogen-bond donors (Lipinski definition) is 0. The summed E-state index contributed by atoms with van der Waals surface area (Å²) in [4.78, 5) is 24.5. The molecule has 0 aliphatic carbocycles. The molecule has 2 aromatic carbocycles. The summed E-state index contributed by atoms with van der Waals surface area (Å²) >= 11 is 0. The monoisotopic (exact) mass is 380 g/mol. The molecule has 0 saturated carbocycles. The Morgan fingerprint density at radius 1 is 1.11 bits per heavy atom. The van der Waals surface area contributed by atoms with Crippen molar-refractivity contribution in [2.75, 3.05) is 13.2 Å². The van der Waals surface area contributed by atoms with Crippen LogP contribution < -0.4 is 19.6 Å². The Balaban J connectivity index is 1.84. The minimum absolute atomic E-state index is 0.148. The van der Waals surface area contributed by atoms with Crippen molar-refractivity contribution in [3.8, 4) is 28.4 Å². The van der Waals surface area contributed by atoms with E-state index >= 15 is 0 Å². The molecule has 3 aromatic rings. The molecule has 4 rings (SSSR count). The van der Waals surface area contributed by atoms with Crippen molar-refractivity contribution in [2.24, 2.45) is 0 Å². The van der Waals surface area contributed by atoms with Crippen LogP contribution in [0.15, 0.2) is 45.8 Å². The number of carbonyl (C=O) groups excluding carboxylic acids is 1. The standard InChI is InChI=1S/C22H20O6/c1-3-4-15-9-16-20(11-19(15)28-13(2)23)27-12-17(22(16)24)14-5-6-18-21(10-14)26-8-7-25-18/h5-6,9-12H,3-4,7-8H2,1-2H3. The Morgan fingerprint density at radius 3 is 2.64 bits per heavy atom. The molecule has 0 radical (unpaired) electrons. The summed E-state index contributed by atoms with van der Waals surface area (Å²) in [6.07, 6.45) is 2.96. The molecule has 0 spiro atoms. The quantitative estimate of drug-likeness (QED) is 0.501. The molecule has 1 aliphatic rings. The Hall–Kier alpha value is -3.28. The first-order valence-electron chi connectivity index (χ1n) is 9.23. The van der Waals surface area contributed by atoms with Crippen molar-refractivity contribution in [3.63, 3.8) is 0 Å². The van der Waals surface area contributed by atoms with E-state index in [0.717, 1.165) is 12.0 Å². The maximum atomic E-state index is 13.1. The van der Waals surface area contributed by atoms with Crippen LogP contribution in [0.3, 0.4) is 0 Å². The molecule has 6 nitrogen and oxygen atoms in total. The topological polar surface area (TPSA) is 75.0 Å². The number of rotatable bonds is 4. The third-order valence-corrected chi connectivity index (χ3v) is 4.58. The zero-order valence-corrected chi connectivity index (χ0v) is 15.7. The fraction of sp³-hybridized carbons (Fsp3) is 0.273. The second-order valence-corrected chi connectivity index (χ2v) is 6.64. The van der Waals surface area contributed by atoms with Crippen LogP contribution in [-0.4, -0.2) is 19.2 Å². The second-order valence-electron chi connectivity index (χ2n) is 6.64. The van der Waals surface area contributed by atoms with Crippen LogP contribution in [0.4, 0.5) is 0 Å². The SMILES string of the molecule is CCCc1cc2c(=O)c(-c3ccc4c(c3)OCCO4)coc2cc1OC(C)=O. The summed E-state index contributed by atoms with van der Waals surface area (Å²) < 4.78 is 22.2. The lowest BCUT2D eigenvalue weighted by Crippen LogP contribution is -2.15. The average Bonchev–Trinajstić information content (AvgIpc) is 2.68. The van der Waals surface area contributed by atoms with E-state index in [2.05, 4.69) is 0 Å². The zero-order chi connectivity index (χ0) is 19.7. The molecule has 0 bridgehead atoms. The Bertz CT molecular complexity index is 1110. The molecule has 0 N–H and O–H groups in total. The number of carbonyl (C=O) groups is 1. The van der Waals surface area contributed by atoms with Crippen molar-refractivity contribution in [3.05, 3.63) is 52.4 Å². The zero-order valence-electron chi connectivity index (χ0n) is 15.7. The third kappa shape index (κ3) is 3.33. The highest BCUT2D eigenvalue weighted by molar-refractivity contribution is 5.85. The molecular weight excluding hydrogens is 360 g/mol. The number of aryl methyl sites for hydroxylation is 1. The lowest BCUT2D eigenvalue weighted by atomic mass is 10.0. The molecular formula is C22H20O6. The number of ether oxygens (including phenoxy) is 3. The largest absolute Gasteiger partial charge is 0.486 e. The molecule has 1 aliphatic heterocycles. The van der Waals surface area contributed by atoms with Gasteiger partial charge in [-0.2, -0.15) is 0 Å². The minimum Gasteiger partial charge on any atom is -0.486 e. The summed E-state index contributed by atoms with van der Waals surface area (Å²) in [6.45, 7) is 4.36. The number of esters is 1. The first kappa shape index (κ1) is 18.1. The Morgan fingerprint density at radius 2 is 1.89 bits per heavy atom. The van der Waals surface area contributed by atoms with Gasteiger partial charge in [-0.3, -0.25) is 9.59 Å². The van der Waals surface area contributed by atoms with Gasteiger partial charge in [-0.1, -0.05) is 19.4 Å². The fourth-order valence-corrected chi connectivity index (χ4v) is 3.33. The smallest absolute Gasteiger partial charge is 0.308 e. The van der Waals surface area contributed by atoms with Crippen molar-refractivity contribution in [1.82, 2.24) is 0 Å². The molecule has 0 atom stereocenters. The first-order chi connectivity index (χ1) is 13.6.